The van der Waals surface area contributed by atoms with Crippen molar-refractivity contribution in [3.63, 3.8) is 0 Å². The van der Waals surface area contributed by atoms with E-state index in [0.29, 0.717) is 18.5 Å². The van der Waals surface area contributed by atoms with Crippen LogP contribution in [0.2, 0.25) is 0 Å². The van der Waals surface area contributed by atoms with Crippen molar-refractivity contribution in [2.75, 3.05) is 26.2 Å². The number of esters is 1. The zero-order valence-corrected chi connectivity index (χ0v) is 24.3. The van der Waals surface area contributed by atoms with Crippen LogP contribution in [0.15, 0.2) is 48.5 Å². The van der Waals surface area contributed by atoms with Gasteiger partial charge in [-0.1, -0.05) is 55.7 Å². The molecule has 2 aromatic carbocycles. The SMILES string of the molecule is NC(=O)[C@@H](NC(=O)[C@@H]1CCCC[C@H]1c1ccc(COC(=O)C2CCCCN(CCO)CCC2)cc1)c1ccc(F)cc1. The fourth-order valence-corrected chi connectivity index (χ4v) is 6.34. The lowest BCUT2D eigenvalue weighted by molar-refractivity contribution is -0.150. The van der Waals surface area contributed by atoms with Gasteiger partial charge in [-0.2, -0.15) is 0 Å². The fraction of sp³-hybridized carbons (Fsp3) is 0.545. The van der Waals surface area contributed by atoms with E-state index in [1.807, 2.05) is 24.3 Å². The Hall–Kier alpha value is -3.30. The molecular weight excluding hydrogens is 537 g/mol. The van der Waals surface area contributed by atoms with Gasteiger partial charge in [0.1, 0.15) is 18.5 Å². The van der Waals surface area contributed by atoms with Gasteiger partial charge in [0.25, 0.3) is 0 Å². The van der Waals surface area contributed by atoms with Crippen LogP contribution in [0.5, 0.6) is 0 Å². The average Bonchev–Trinajstić information content (AvgIpc) is 3.12. The number of nitrogens with one attached hydrogen (secondary N) is 1. The van der Waals surface area contributed by atoms with Crippen LogP contribution in [0.25, 0.3) is 0 Å². The summed E-state index contributed by atoms with van der Waals surface area (Å²) < 4.78 is 19.1. The first-order valence-electron chi connectivity index (χ1n) is 15.3. The topological polar surface area (TPSA) is 122 Å². The van der Waals surface area contributed by atoms with E-state index < -0.39 is 17.8 Å². The molecule has 2 fully saturated rings. The van der Waals surface area contributed by atoms with Crippen molar-refractivity contribution in [2.45, 2.75) is 76.4 Å². The Labute approximate surface area is 247 Å². The molecule has 4 atom stereocenters. The molecule has 0 aromatic heterocycles. The monoisotopic (exact) mass is 581 g/mol. The quantitative estimate of drug-likeness (QED) is 0.359. The highest BCUT2D eigenvalue weighted by Crippen LogP contribution is 2.38. The molecule has 1 saturated heterocycles. The number of carbonyl (C=O) groups excluding carboxylic acids is 3. The second-order valence-electron chi connectivity index (χ2n) is 11.6. The number of aliphatic hydroxyl groups excluding tert-OH is 1. The van der Waals surface area contributed by atoms with E-state index in [2.05, 4.69) is 10.2 Å². The Bertz CT molecular complexity index is 1170. The summed E-state index contributed by atoms with van der Waals surface area (Å²) >= 11 is 0. The van der Waals surface area contributed by atoms with Crippen molar-refractivity contribution in [3.8, 4) is 0 Å². The van der Waals surface area contributed by atoms with Crippen LogP contribution in [-0.4, -0.2) is 54.0 Å². The van der Waals surface area contributed by atoms with Crippen LogP contribution in [0.1, 0.15) is 86.4 Å². The normalized spacial score (nSPS) is 22.7. The number of rotatable bonds is 10. The molecule has 4 N–H and O–H groups in total. The standard InChI is InChI=1S/C33H44FN3O5/c34-27-16-14-25(15-17-27)30(31(35)39)36-32(40)29-9-2-1-8-28(29)24-12-10-23(11-13-24)22-42-33(41)26-6-3-4-18-37(20-21-38)19-5-7-26/h10-17,26,28-30,38H,1-9,18-22H2,(H2,35,39)(H,36,40)/t26?,28-,29+,30-/m0/s1. The first-order chi connectivity index (χ1) is 20.4. The van der Waals surface area contributed by atoms with Gasteiger partial charge in [-0.25, -0.2) is 4.39 Å². The van der Waals surface area contributed by atoms with Crippen molar-refractivity contribution in [1.29, 1.82) is 0 Å². The van der Waals surface area contributed by atoms with Gasteiger partial charge >= 0.3 is 5.97 Å². The Morgan fingerprint density at radius 3 is 2.31 bits per heavy atom. The molecule has 0 spiro atoms. The summed E-state index contributed by atoms with van der Waals surface area (Å²) in [4.78, 5) is 40.7. The molecule has 2 aliphatic rings. The van der Waals surface area contributed by atoms with Gasteiger partial charge in [0.05, 0.1) is 12.5 Å². The third-order valence-electron chi connectivity index (χ3n) is 8.72. The van der Waals surface area contributed by atoms with E-state index in [4.69, 9.17) is 10.5 Å². The largest absolute Gasteiger partial charge is 0.461 e. The van der Waals surface area contributed by atoms with E-state index in [9.17, 15) is 23.9 Å². The number of hydrogen-bond donors (Lipinski definition) is 3. The highest BCUT2D eigenvalue weighted by Gasteiger charge is 2.34. The average molecular weight is 582 g/mol. The van der Waals surface area contributed by atoms with Gasteiger partial charge in [-0.05, 0) is 86.4 Å². The number of aliphatic hydroxyl groups is 1. The van der Waals surface area contributed by atoms with Crippen LogP contribution in [-0.2, 0) is 25.7 Å². The van der Waals surface area contributed by atoms with Crippen LogP contribution >= 0.6 is 0 Å². The molecule has 4 rings (SSSR count). The molecule has 1 aliphatic heterocycles. The molecular formula is C33H44FN3O5. The first kappa shape index (κ1) is 31.6. The predicted octanol–water partition coefficient (Wildman–Crippen LogP) is 4.36. The number of ether oxygens (including phenoxy) is 1. The lowest BCUT2D eigenvalue weighted by atomic mass is 9.74. The minimum Gasteiger partial charge on any atom is -0.461 e. The summed E-state index contributed by atoms with van der Waals surface area (Å²) in [6, 6.07) is 12.3. The molecule has 42 heavy (non-hydrogen) atoms. The van der Waals surface area contributed by atoms with Crippen LogP contribution in [0.4, 0.5) is 4.39 Å². The minimum absolute atomic E-state index is 0.0126. The lowest BCUT2D eigenvalue weighted by Crippen LogP contribution is -2.42. The molecule has 0 bridgehead atoms. The molecule has 8 nitrogen and oxygen atoms in total. The van der Waals surface area contributed by atoms with E-state index in [1.165, 1.54) is 24.3 Å². The molecule has 228 valence electrons. The van der Waals surface area contributed by atoms with Gasteiger partial charge in [0.15, 0.2) is 0 Å². The van der Waals surface area contributed by atoms with E-state index >= 15 is 0 Å². The molecule has 2 aromatic rings. The van der Waals surface area contributed by atoms with Gasteiger partial charge in [0, 0.05) is 12.5 Å². The van der Waals surface area contributed by atoms with Crippen molar-refractivity contribution in [2.24, 2.45) is 17.6 Å². The van der Waals surface area contributed by atoms with Crippen LogP contribution < -0.4 is 11.1 Å². The maximum Gasteiger partial charge on any atom is 0.309 e. The van der Waals surface area contributed by atoms with Crippen molar-refractivity contribution >= 4 is 17.8 Å². The van der Waals surface area contributed by atoms with Crippen LogP contribution in [0.3, 0.4) is 0 Å². The molecule has 9 heteroatoms. The molecule has 1 aliphatic carbocycles. The van der Waals surface area contributed by atoms with Gasteiger partial charge in [-0.15, -0.1) is 0 Å². The number of hydrogen-bond acceptors (Lipinski definition) is 6. The molecule has 0 radical (unpaired) electrons. The number of nitrogens with two attached hydrogens (primary N) is 1. The Morgan fingerprint density at radius 1 is 0.929 bits per heavy atom. The Morgan fingerprint density at radius 2 is 1.60 bits per heavy atom. The third-order valence-corrected chi connectivity index (χ3v) is 8.72. The highest BCUT2D eigenvalue weighted by molar-refractivity contribution is 5.89. The second-order valence-corrected chi connectivity index (χ2v) is 11.6. The number of halogens is 1. The summed E-state index contributed by atoms with van der Waals surface area (Å²) in [7, 11) is 0. The summed E-state index contributed by atoms with van der Waals surface area (Å²) in [5, 5.41) is 12.0. The minimum atomic E-state index is -1.03. The molecule has 1 saturated carbocycles. The highest BCUT2D eigenvalue weighted by atomic mass is 19.1. The number of nitrogens with zero attached hydrogens (tertiary/aromatic N) is 1. The summed E-state index contributed by atoms with van der Waals surface area (Å²) in [6.07, 6.45) is 7.99. The maximum atomic E-state index is 13.4. The smallest absolute Gasteiger partial charge is 0.309 e. The lowest BCUT2D eigenvalue weighted by Gasteiger charge is -2.32. The van der Waals surface area contributed by atoms with E-state index in [0.717, 1.165) is 75.6 Å². The number of primary amides is 1. The number of β-amino-alcohol motifs (C(OH)–C–C–N with tert-alkyl or cyclic N) is 1. The Balaban J connectivity index is 1.33. The number of benzene rings is 2. The first-order valence-corrected chi connectivity index (χ1v) is 15.3. The van der Waals surface area contributed by atoms with Crippen LogP contribution in [0, 0.1) is 17.7 Å². The van der Waals surface area contributed by atoms with E-state index in [1.54, 1.807) is 0 Å². The van der Waals surface area contributed by atoms with Crippen molar-refractivity contribution < 1.29 is 28.6 Å². The van der Waals surface area contributed by atoms with E-state index in [-0.39, 0.29) is 42.8 Å². The number of amides is 2. The third kappa shape index (κ3) is 8.85. The van der Waals surface area contributed by atoms with Crippen molar-refractivity contribution in [1.82, 2.24) is 10.2 Å². The fourth-order valence-electron chi connectivity index (χ4n) is 6.34. The van der Waals surface area contributed by atoms with Gasteiger partial charge in [0.2, 0.25) is 11.8 Å². The maximum absolute atomic E-state index is 13.4. The zero-order valence-electron chi connectivity index (χ0n) is 24.3. The molecule has 1 unspecified atom stereocenters. The van der Waals surface area contributed by atoms with Gasteiger partial charge in [-0.3, -0.25) is 14.4 Å². The summed E-state index contributed by atoms with van der Waals surface area (Å²) in [5.41, 5.74) is 7.96. The zero-order chi connectivity index (χ0) is 29.9. The summed E-state index contributed by atoms with van der Waals surface area (Å²) in [5.74, 6) is -1.94. The van der Waals surface area contributed by atoms with Crippen molar-refractivity contribution in [3.05, 3.63) is 71.0 Å². The predicted molar refractivity (Wildman–Crippen MR) is 158 cm³/mol. The number of carbonyl (C=O) groups is 3. The van der Waals surface area contributed by atoms with Gasteiger partial charge < -0.3 is 25.8 Å². The molecule has 2 amide bonds. The Kier molecular flexibility index (Phi) is 11.9. The second kappa shape index (κ2) is 15.8. The summed E-state index contributed by atoms with van der Waals surface area (Å²) in [6.45, 7) is 2.89. The molecule has 1 heterocycles.